The molecule has 0 aromatic heterocycles. The molecule has 0 N–H and O–H groups in total. The molecule has 9 nitrogen and oxygen atoms in total. The van der Waals surface area contributed by atoms with Gasteiger partial charge >= 0.3 is 0 Å². The molecule has 48 heavy (non-hydrogen) atoms. The second-order valence-electron chi connectivity index (χ2n) is 12.5. The molecule has 4 heterocycles. The molecule has 0 spiro atoms. The van der Waals surface area contributed by atoms with E-state index in [4.69, 9.17) is 42.6 Å². The largest absolute Gasteiger partial charge is 0.368 e. The summed E-state index contributed by atoms with van der Waals surface area (Å²) in [7, 11) is 0. The molecule has 0 bridgehead atoms. The van der Waals surface area contributed by atoms with Crippen LogP contribution in [-0.2, 0) is 62.5 Å². The van der Waals surface area contributed by atoms with Gasteiger partial charge in [-0.15, -0.1) is 0 Å². The number of fused-ring (bicyclic) bond motifs is 2. The molecule has 0 radical (unpaired) electrons. The Morgan fingerprint density at radius 3 is 1.69 bits per heavy atom. The third-order valence-corrected chi connectivity index (χ3v) is 9.12. The molecule has 4 fully saturated rings. The van der Waals surface area contributed by atoms with E-state index >= 15 is 0 Å². The molecule has 4 aliphatic heterocycles. The minimum atomic E-state index is -0.790. The van der Waals surface area contributed by atoms with E-state index in [1.54, 1.807) is 0 Å². The Kier molecular flexibility index (Phi) is 9.90. The van der Waals surface area contributed by atoms with E-state index in [1.807, 2.05) is 121 Å². The number of ether oxygens (including phenoxy) is 9. The van der Waals surface area contributed by atoms with Gasteiger partial charge in [-0.05, 0) is 16.7 Å². The highest BCUT2D eigenvalue weighted by molar-refractivity contribution is 5.18. The lowest BCUT2D eigenvalue weighted by Gasteiger charge is -2.46. The van der Waals surface area contributed by atoms with E-state index in [0.29, 0.717) is 26.4 Å². The second kappa shape index (κ2) is 15.0. The van der Waals surface area contributed by atoms with Crippen LogP contribution in [0.15, 0.2) is 121 Å². The lowest BCUT2D eigenvalue weighted by molar-refractivity contribution is -0.345. The first-order chi connectivity index (χ1) is 23.8. The van der Waals surface area contributed by atoms with Gasteiger partial charge in [0.05, 0.1) is 33.0 Å². The van der Waals surface area contributed by atoms with Crippen LogP contribution in [0.1, 0.15) is 28.5 Å². The maximum absolute atomic E-state index is 6.87. The summed E-state index contributed by atoms with van der Waals surface area (Å²) >= 11 is 0. The maximum Gasteiger partial charge on any atom is 0.187 e. The molecular formula is C39H40O9. The van der Waals surface area contributed by atoms with E-state index in [2.05, 4.69) is 0 Å². The predicted molar refractivity (Wildman–Crippen MR) is 173 cm³/mol. The molecule has 8 rings (SSSR count). The normalized spacial score (nSPS) is 32.6. The zero-order valence-electron chi connectivity index (χ0n) is 26.5. The van der Waals surface area contributed by atoms with Crippen LogP contribution < -0.4 is 0 Å². The van der Waals surface area contributed by atoms with Gasteiger partial charge in [0.1, 0.15) is 42.7 Å². The van der Waals surface area contributed by atoms with Crippen LogP contribution in [-0.4, -0.2) is 68.5 Å². The second-order valence-corrected chi connectivity index (χ2v) is 12.5. The molecule has 250 valence electrons. The van der Waals surface area contributed by atoms with E-state index in [0.717, 1.165) is 22.3 Å². The van der Waals surface area contributed by atoms with E-state index in [-0.39, 0.29) is 25.1 Å². The minimum Gasteiger partial charge on any atom is -0.368 e. The topological polar surface area (TPSA) is 86.4 Å². The van der Waals surface area contributed by atoms with Gasteiger partial charge in [-0.25, -0.2) is 0 Å². The molecule has 4 aliphatic rings. The molecule has 0 aliphatic carbocycles. The Labute approximate surface area is 280 Å². The van der Waals surface area contributed by atoms with Crippen molar-refractivity contribution in [2.75, 3.05) is 13.2 Å². The molecule has 4 aromatic carbocycles. The van der Waals surface area contributed by atoms with Gasteiger partial charge in [0.25, 0.3) is 0 Å². The minimum absolute atomic E-state index is 0.255. The number of hydrogen-bond acceptors (Lipinski definition) is 9. The van der Waals surface area contributed by atoms with Gasteiger partial charge in [0, 0.05) is 5.56 Å². The summed E-state index contributed by atoms with van der Waals surface area (Å²) < 4.78 is 57.9. The Balaban J connectivity index is 1.05. The molecule has 0 amide bonds. The third-order valence-electron chi connectivity index (χ3n) is 9.12. The van der Waals surface area contributed by atoms with Gasteiger partial charge in [-0.3, -0.25) is 0 Å². The summed E-state index contributed by atoms with van der Waals surface area (Å²) in [6.45, 7) is 1.74. The maximum atomic E-state index is 6.87. The number of hydrogen-bond donors (Lipinski definition) is 0. The highest BCUT2D eigenvalue weighted by Gasteiger charge is 2.61. The van der Waals surface area contributed by atoms with Crippen molar-refractivity contribution in [2.45, 2.75) is 81.4 Å². The SMILES string of the molecule is c1ccc(CO[C@@H]2[C@@H](OCc3ccccc3)[C@H](O[C@@H]3[C@H]4O[C@H]4O[C@@H]4CO[C@@H](c5ccccc5)O[C@@H]34)OC[C@H]2OCc2ccccc2)cc1. The Hall–Kier alpha value is -3.48. The molecule has 0 saturated carbocycles. The first kappa shape index (κ1) is 31.8. The van der Waals surface area contributed by atoms with Crippen LogP contribution in [0.4, 0.5) is 0 Å². The van der Waals surface area contributed by atoms with E-state index in [9.17, 15) is 0 Å². The van der Waals surface area contributed by atoms with Crippen molar-refractivity contribution in [1.82, 2.24) is 0 Å². The molecule has 9 heteroatoms. The fraction of sp³-hybridized carbons (Fsp3) is 0.385. The highest BCUT2D eigenvalue weighted by Crippen LogP contribution is 2.44. The average molecular weight is 653 g/mol. The van der Waals surface area contributed by atoms with Gasteiger partial charge in [0.2, 0.25) is 0 Å². The van der Waals surface area contributed by atoms with Crippen molar-refractivity contribution in [3.05, 3.63) is 144 Å². The van der Waals surface area contributed by atoms with Gasteiger partial charge in [-0.2, -0.15) is 0 Å². The fourth-order valence-corrected chi connectivity index (χ4v) is 6.55. The molecule has 4 saturated heterocycles. The molecule has 10 atom stereocenters. The van der Waals surface area contributed by atoms with Crippen LogP contribution in [0, 0.1) is 0 Å². The number of epoxide rings is 1. The van der Waals surface area contributed by atoms with Crippen molar-refractivity contribution >= 4 is 0 Å². The van der Waals surface area contributed by atoms with Crippen LogP contribution >= 0.6 is 0 Å². The molecular weight excluding hydrogens is 612 g/mol. The first-order valence-electron chi connectivity index (χ1n) is 16.6. The monoisotopic (exact) mass is 652 g/mol. The van der Waals surface area contributed by atoms with Crippen molar-refractivity contribution in [2.24, 2.45) is 0 Å². The van der Waals surface area contributed by atoms with Crippen molar-refractivity contribution in [3.8, 4) is 0 Å². The van der Waals surface area contributed by atoms with Crippen LogP contribution in [0.25, 0.3) is 0 Å². The summed E-state index contributed by atoms with van der Waals surface area (Å²) in [5, 5.41) is 0. The Morgan fingerprint density at radius 1 is 0.500 bits per heavy atom. The Morgan fingerprint density at radius 2 is 1.06 bits per heavy atom. The van der Waals surface area contributed by atoms with Crippen LogP contribution in [0.3, 0.4) is 0 Å². The molecule has 0 unspecified atom stereocenters. The third kappa shape index (κ3) is 7.40. The fourth-order valence-electron chi connectivity index (χ4n) is 6.55. The van der Waals surface area contributed by atoms with Gasteiger partial charge in [-0.1, -0.05) is 121 Å². The standard InChI is InChI=1S/C39H40O9/c1-5-13-26(14-6-1)21-40-30-24-44-38(35(42-23-28-17-9-3-10-18-28)32(30)41-22-27-15-7-2-8-16-27)47-34-33-31(45-39-36(34)48-39)25-43-37(46-33)29-19-11-4-12-20-29/h1-20,30-39H,21-25H2/t30-,31-,32+,33-,34+,35-,36-,37-,38+,39-/m1/s1. The number of rotatable bonds is 12. The van der Waals surface area contributed by atoms with E-state index < -0.39 is 43.1 Å². The van der Waals surface area contributed by atoms with Crippen molar-refractivity contribution in [1.29, 1.82) is 0 Å². The van der Waals surface area contributed by atoms with Crippen LogP contribution in [0.2, 0.25) is 0 Å². The predicted octanol–water partition coefficient (Wildman–Crippen LogP) is 5.72. The van der Waals surface area contributed by atoms with Crippen LogP contribution in [0.5, 0.6) is 0 Å². The molecule has 4 aromatic rings. The van der Waals surface area contributed by atoms with Crippen molar-refractivity contribution < 1.29 is 42.6 Å². The lowest BCUT2D eigenvalue weighted by Crippen LogP contribution is -2.61. The summed E-state index contributed by atoms with van der Waals surface area (Å²) in [5.74, 6) is 0. The van der Waals surface area contributed by atoms with Crippen molar-refractivity contribution in [3.63, 3.8) is 0 Å². The smallest absolute Gasteiger partial charge is 0.187 e. The summed E-state index contributed by atoms with van der Waals surface area (Å²) in [4.78, 5) is 0. The number of benzene rings is 4. The summed E-state index contributed by atoms with van der Waals surface area (Å²) in [5.41, 5.74) is 4.07. The lowest BCUT2D eigenvalue weighted by atomic mass is 9.99. The highest BCUT2D eigenvalue weighted by atomic mass is 16.8. The average Bonchev–Trinajstić information content (AvgIpc) is 3.94. The van der Waals surface area contributed by atoms with Gasteiger partial charge < -0.3 is 42.6 Å². The Bertz CT molecular complexity index is 1560. The zero-order chi connectivity index (χ0) is 32.1. The van der Waals surface area contributed by atoms with Gasteiger partial charge in [0.15, 0.2) is 18.9 Å². The quantitative estimate of drug-likeness (QED) is 0.178. The zero-order valence-corrected chi connectivity index (χ0v) is 26.5. The summed E-state index contributed by atoms with van der Waals surface area (Å²) in [6, 6.07) is 40.1. The summed E-state index contributed by atoms with van der Waals surface area (Å²) in [6.07, 6.45) is -4.83. The van der Waals surface area contributed by atoms with E-state index in [1.165, 1.54) is 0 Å². The first-order valence-corrected chi connectivity index (χ1v) is 16.6.